The first kappa shape index (κ1) is 11.6. The van der Waals surface area contributed by atoms with Gasteiger partial charge in [0, 0.05) is 24.0 Å². The van der Waals surface area contributed by atoms with Crippen LogP contribution in [0.4, 0.5) is 0 Å². The molecule has 0 amide bonds. The van der Waals surface area contributed by atoms with Gasteiger partial charge in [0.05, 0.1) is 11.3 Å². The SMILES string of the molecule is NC(Cc1ccncc1Cl)c1ccoc1Br. The monoisotopic (exact) mass is 300 g/mol. The van der Waals surface area contributed by atoms with Crippen molar-refractivity contribution in [2.45, 2.75) is 12.5 Å². The third kappa shape index (κ3) is 2.45. The summed E-state index contributed by atoms with van der Waals surface area (Å²) in [5, 5.41) is 0.637. The van der Waals surface area contributed by atoms with E-state index >= 15 is 0 Å². The fourth-order valence-electron chi connectivity index (χ4n) is 1.49. The highest BCUT2D eigenvalue weighted by atomic mass is 79.9. The van der Waals surface area contributed by atoms with Crippen molar-refractivity contribution in [2.75, 3.05) is 0 Å². The Bertz CT molecular complexity index is 486. The molecule has 1 atom stereocenters. The van der Waals surface area contributed by atoms with Crippen molar-refractivity contribution in [3.05, 3.63) is 51.6 Å². The zero-order chi connectivity index (χ0) is 11.5. The Morgan fingerprint density at radius 3 is 2.94 bits per heavy atom. The Kier molecular flexibility index (Phi) is 3.63. The number of pyridine rings is 1. The molecule has 0 radical (unpaired) electrons. The summed E-state index contributed by atoms with van der Waals surface area (Å²) in [6.45, 7) is 0. The fourth-order valence-corrected chi connectivity index (χ4v) is 2.22. The predicted molar refractivity (Wildman–Crippen MR) is 66.3 cm³/mol. The first-order valence-corrected chi connectivity index (χ1v) is 5.92. The van der Waals surface area contributed by atoms with Crippen molar-refractivity contribution in [1.82, 2.24) is 4.98 Å². The smallest absolute Gasteiger partial charge is 0.173 e. The second-order valence-corrected chi connectivity index (χ2v) is 4.55. The molecule has 84 valence electrons. The number of rotatable bonds is 3. The molecule has 0 bridgehead atoms. The van der Waals surface area contributed by atoms with E-state index in [0.717, 1.165) is 11.1 Å². The zero-order valence-electron chi connectivity index (χ0n) is 8.36. The molecular weight excluding hydrogens is 291 g/mol. The average molecular weight is 302 g/mol. The predicted octanol–water partition coefficient (Wildman–Crippen LogP) is 3.33. The van der Waals surface area contributed by atoms with E-state index in [4.69, 9.17) is 21.8 Å². The van der Waals surface area contributed by atoms with Crippen LogP contribution in [0.1, 0.15) is 17.2 Å². The van der Waals surface area contributed by atoms with Gasteiger partial charge in [0.2, 0.25) is 0 Å². The van der Waals surface area contributed by atoms with Gasteiger partial charge in [-0.25, -0.2) is 0 Å². The minimum atomic E-state index is -0.145. The Morgan fingerprint density at radius 2 is 2.31 bits per heavy atom. The van der Waals surface area contributed by atoms with Crippen LogP contribution in [0.2, 0.25) is 5.02 Å². The van der Waals surface area contributed by atoms with Crippen molar-refractivity contribution < 1.29 is 4.42 Å². The summed E-state index contributed by atoms with van der Waals surface area (Å²) < 4.78 is 5.82. The van der Waals surface area contributed by atoms with Gasteiger partial charge in [0.25, 0.3) is 0 Å². The molecule has 2 heterocycles. The highest BCUT2D eigenvalue weighted by Gasteiger charge is 2.14. The van der Waals surface area contributed by atoms with Crippen molar-refractivity contribution in [3.8, 4) is 0 Å². The molecule has 2 rings (SSSR count). The molecule has 0 aliphatic carbocycles. The summed E-state index contributed by atoms with van der Waals surface area (Å²) >= 11 is 9.32. The van der Waals surface area contributed by atoms with Gasteiger partial charge in [-0.2, -0.15) is 0 Å². The molecule has 0 saturated heterocycles. The number of aromatic nitrogens is 1. The molecular formula is C11H10BrClN2O. The normalized spacial score (nSPS) is 12.7. The molecule has 0 aromatic carbocycles. The maximum Gasteiger partial charge on any atom is 0.173 e. The largest absolute Gasteiger partial charge is 0.457 e. The van der Waals surface area contributed by atoms with E-state index in [1.807, 2.05) is 12.1 Å². The zero-order valence-corrected chi connectivity index (χ0v) is 10.7. The van der Waals surface area contributed by atoms with Crippen LogP contribution in [0.25, 0.3) is 0 Å². The summed E-state index contributed by atoms with van der Waals surface area (Å²) in [6, 6.07) is 3.58. The van der Waals surface area contributed by atoms with Gasteiger partial charge < -0.3 is 10.2 Å². The molecule has 2 N–H and O–H groups in total. The van der Waals surface area contributed by atoms with Gasteiger partial charge in [-0.15, -0.1) is 0 Å². The number of furan rings is 1. The lowest BCUT2D eigenvalue weighted by atomic mass is 10.0. The maximum atomic E-state index is 6.07. The van der Waals surface area contributed by atoms with Crippen LogP contribution in [0.15, 0.2) is 39.9 Å². The highest BCUT2D eigenvalue weighted by molar-refractivity contribution is 9.10. The Labute approximate surface area is 107 Å². The van der Waals surface area contributed by atoms with E-state index in [0.29, 0.717) is 16.1 Å². The van der Waals surface area contributed by atoms with Gasteiger partial charge in [0.1, 0.15) is 0 Å². The summed E-state index contributed by atoms with van der Waals surface area (Å²) in [7, 11) is 0. The van der Waals surface area contributed by atoms with Gasteiger partial charge >= 0.3 is 0 Å². The number of hydrogen-bond donors (Lipinski definition) is 1. The highest BCUT2D eigenvalue weighted by Crippen LogP contribution is 2.27. The van der Waals surface area contributed by atoms with Crippen LogP contribution < -0.4 is 5.73 Å². The van der Waals surface area contributed by atoms with Crippen LogP contribution in [0.3, 0.4) is 0 Å². The molecule has 5 heteroatoms. The minimum Gasteiger partial charge on any atom is -0.457 e. The van der Waals surface area contributed by atoms with Crippen LogP contribution in [-0.4, -0.2) is 4.98 Å². The minimum absolute atomic E-state index is 0.145. The molecule has 1 unspecified atom stereocenters. The van der Waals surface area contributed by atoms with Crippen LogP contribution in [0, 0.1) is 0 Å². The van der Waals surface area contributed by atoms with E-state index < -0.39 is 0 Å². The van der Waals surface area contributed by atoms with Crippen molar-refractivity contribution in [3.63, 3.8) is 0 Å². The topological polar surface area (TPSA) is 52.0 Å². The van der Waals surface area contributed by atoms with Gasteiger partial charge in [0.15, 0.2) is 4.67 Å². The lowest BCUT2D eigenvalue weighted by Crippen LogP contribution is -2.13. The number of nitrogens with two attached hydrogens (primary N) is 1. The first-order valence-electron chi connectivity index (χ1n) is 4.75. The van der Waals surface area contributed by atoms with E-state index in [-0.39, 0.29) is 6.04 Å². The lowest BCUT2D eigenvalue weighted by molar-refractivity contribution is 0.531. The van der Waals surface area contributed by atoms with Crippen molar-refractivity contribution in [1.29, 1.82) is 0 Å². The molecule has 0 aliphatic rings. The summed E-state index contributed by atoms with van der Waals surface area (Å²) in [4.78, 5) is 3.93. The van der Waals surface area contributed by atoms with Crippen molar-refractivity contribution >= 4 is 27.5 Å². The number of hydrogen-bond acceptors (Lipinski definition) is 3. The molecule has 2 aromatic rings. The van der Waals surface area contributed by atoms with Gasteiger partial charge in [-0.1, -0.05) is 11.6 Å². The van der Waals surface area contributed by atoms with Crippen molar-refractivity contribution in [2.24, 2.45) is 5.73 Å². The van der Waals surface area contributed by atoms with Crippen LogP contribution >= 0.6 is 27.5 Å². The fraction of sp³-hybridized carbons (Fsp3) is 0.182. The molecule has 3 nitrogen and oxygen atoms in total. The summed E-state index contributed by atoms with van der Waals surface area (Å²) in [6.07, 6.45) is 5.58. The van der Waals surface area contributed by atoms with E-state index in [2.05, 4.69) is 20.9 Å². The number of halogens is 2. The van der Waals surface area contributed by atoms with E-state index in [1.165, 1.54) is 0 Å². The van der Waals surface area contributed by atoms with Gasteiger partial charge in [-0.3, -0.25) is 4.98 Å². The third-order valence-corrected chi connectivity index (χ3v) is 3.33. The van der Waals surface area contributed by atoms with E-state index in [9.17, 15) is 0 Å². The standard InChI is InChI=1S/C11H10BrClN2O/c12-11-8(2-4-16-11)10(14)5-7-1-3-15-6-9(7)13/h1-4,6,10H,5,14H2. The second kappa shape index (κ2) is 4.99. The van der Waals surface area contributed by atoms with Gasteiger partial charge in [-0.05, 0) is 40.0 Å². The Balaban J connectivity index is 2.17. The molecule has 0 aliphatic heterocycles. The number of nitrogens with zero attached hydrogens (tertiary/aromatic N) is 1. The molecule has 2 aromatic heterocycles. The summed E-state index contributed by atoms with van der Waals surface area (Å²) in [5.41, 5.74) is 7.99. The molecule has 0 fully saturated rings. The molecule has 0 saturated carbocycles. The Morgan fingerprint density at radius 1 is 1.50 bits per heavy atom. The molecule has 16 heavy (non-hydrogen) atoms. The molecule has 0 spiro atoms. The van der Waals surface area contributed by atoms with Crippen LogP contribution in [0.5, 0.6) is 0 Å². The average Bonchev–Trinajstić information content (AvgIpc) is 2.68. The lowest BCUT2D eigenvalue weighted by Gasteiger charge is -2.11. The van der Waals surface area contributed by atoms with Crippen LogP contribution in [-0.2, 0) is 6.42 Å². The quantitative estimate of drug-likeness (QED) is 0.946. The maximum absolute atomic E-state index is 6.07. The summed E-state index contributed by atoms with van der Waals surface area (Å²) in [5.74, 6) is 0. The third-order valence-electron chi connectivity index (χ3n) is 2.34. The van der Waals surface area contributed by atoms with E-state index in [1.54, 1.807) is 18.7 Å². The first-order chi connectivity index (χ1) is 7.68. The Hall–Kier alpha value is -0.840. The second-order valence-electron chi connectivity index (χ2n) is 3.43.